The molecule has 1 fully saturated rings. The highest BCUT2D eigenvalue weighted by Gasteiger charge is 2.27. The lowest BCUT2D eigenvalue weighted by Crippen LogP contribution is -2.49. The minimum Gasteiger partial charge on any atom is -0.320 e. The van der Waals surface area contributed by atoms with Crippen molar-refractivity contribution in [3.05, 3.63) is 58.1 Å². The van der Waals surface area contributed by atoms with Crippen LogP contribution in [0.15, 0.2) is 42.5 Å². The summed E-state index contributed by atoms with van der Waals surface area (Å²) < 4.78 is 26.1. The molecule has 3 rings (SSSR count). The van der Waals surface area contributed by atoms with Gasteiger partial charge in [0.25, 0.3) is 0 Å². The van der Waals surface area contributed by atoms with Gasteiger partial charge in [-0.05, 0) is 49.2 Å². The predicted octanol–water partition coefficient (Wildman–Crippen LogP) is 4.59. The van der Waals surface area contributed by atoms with E-state index in [2.05, 4.69) is 4.72 Å². The number of rotatable bonds is 6. The molecule has 0 saturated carbocycles. The third-order valence-electron chi connectivity index (χ3n) is 4.48. The Balaban J connectivity index is 1.77. The number of hydrogen-bond donors (Lipinski definition) is 1. The molecule has 1 N–H and O–H groups in total. The van der Waals surface area contributed by atoms with Gasteiger partial charge in [0.1, 0.15) is 0 Å². The summed E-state index contributed by atoms with van der Waals surface area (Å²) in [7, 11) is -3.38. The van der Waals surface area contributed by atoms with E-state index in [4.69, 9.17) is 23.2 Å². The number of sulfonamides is 1. The number of carbonyl (C=O) groups is 1. The molecule has 1 saturated heterocycles. The average Bonchev–Trinajstić information content (AvgIpc) is 2.66. The molecule has 2 aromatic rings. The number of benzene rings is 2. The second-order valence-electron chi connectivity index (χ2n) is 6.51. The first kappa shape index (κ1) is 20.8. The molecule has 2 amide bonds. The van der Waals surface area contributed by atoms with E-state index in [1.54, 1.807) is 53.1 Å². The van der Waals surface area contributed by atoms with E-state index in [0.717, 1.165) is 12.0 Å². The van der Waals surface area contributed by atoms with Crippen LogP contribution in [0.5, 0.6) is 0 Å². The SMILES string of the molecule is CCS(=O)(=O)Nc1cccc(N2CCCN(Cc3ccc(Cl)c(Cl)c3)C2=O)c1. The van der Waals surface area contributed by atoms with Gasteiger partial charge in [-0.2, -0.15) is 0 Å². The molecule has 0 aliphatic carbocycles. The maximum atomic E-state index is 13.0. The summed E-state index contributed by atoms with van der Waals surface area (Å²) in [4.78, 5) is 16.4. The van der Waals surface area contributed by atoms with Crippen molar-refractivity contribution in [1.29, 1.82) is 0 Å². The van der Waals surface area contributed by atoms with Gasteiger partial charge in [-0.3, -0.25) is 9.62 Å². The van der Waals surface area contributed by atoms with Crippen LogP contribution in [0.2, 0.25) is 10.0 Å². The highest BCUT2D eigenvalue weighted by atomic mass is 35.5. The van der Waals surface area contributed by atoms with Gasteiger partial charge in [-0.15, -0.1) is 0 Å². The van der Waals surface area contributed by atoms with Crippen molar-refractivity contribution in [1.82, 2.24) is 4.90 Å². The molecule has 150 valence electrons. The van der Waals surface area contributed by atoms with E-state index >= 15 is 0 Å². The average molecular weight is 442 g/mol. The lowest BCUT2D eigenvalue weighted by molar-refractivity contribution is 0.192. The Morgan fingerprint density at radius 1 is 1.07 bits per heavy atom. The third kappa shape index (κ3) is 4.90. The smallest absolute Gasteiger partial charge is 0.320 e. The number of urea groups is 1. The lowest BCUT2D eigenvalue weighted by atomic mass is 10.1. The van der Waals surface area contributed by atoms with Crippen LogP contribution in [0.25, 0.3) is 0 Å². The van der Waals surface area contributed by atoms with Crippen molar-refractivity contribution in [3.63, 3.8) is 0 Å². The lowest BCUT2D eigenvalue weighted by Gasteiger charge is -2.36. The van der Waals surface area contributed by atoms with Gasteiger partial charge in [-0.25, -0.2) is 13.2 Å². The fraction of sp³-hybridized carbons (Fsp3) is 0.316. The summed E-state index contributed by atoms with van der Waals surface area (Å²) in [6, 6.07) is 12.1. The van der Waals surface area contributed by atoms with Crippen LogP contribution in [0.3, 0.4) is 0 Å². The first-order valence-electron chi connectivity index (χ1n) is 8.90. The summed E-state index contributed by atoms with van der Waals surface area (Å²) in [6.07, 6.45) is 0.804. The van der Waals surface area contributed by atoms with Gasteiger partial charge < -0.3 is 4.90 Å². The first-order chi connectivity index (χ1) is 13.3. The van der Waals surface area contributed by atoms with Crippen LogP contribution >= 0.6 is 23.2 Å². The number of nitrogens with one attached hydrogen (secondary N) is 1. The zero-order valence-corrected chi connectivity index (χ0v) is 17.7. The van der Waals surface area contributed by atoms with Crippen LogP contribution in [0.4, 0.5) is 16.2 Å². The van der Waals surface area contributed by atoms with Gasteiger partial charge in [0.15, 0.2) is 0 Å². The summed E-state index contributed by atoms with van der Waals surface area (Å²) in [6.45, 7) is 3.20. The summed E-state index contributed by atoms with van der Waals surface area (Å²) >= 11 is 12.0. The van der Waals surface area contributed by atoms with Crippen molar-refractivity contribution < 1.29 is 13.2 Å². The zero-order chi connectivity index (χ0) is 20.3. The fourth-order valence-corrected chi connectivity index (χ4v) is 3.97. The van der Waals surface area contributed by atoms with Crippen molar-refractivity contribution >= 4 is 50.6 Å². The largest absolute Gasteiger partial charge is 0.324 e. The molecule has 0 atom stereocenters. The van der Waals surface area contributed by atoms with Crippen LogP contribution in [-0.4, -0.2) is 38.2 Å². The van der Waals surface area contributed by atoms with E-state index in [1.807, 2.05) is 6.07 Å². The van der Waals surface area contributed by atoms with Crippen LogP contribution in [0, 0.1) is 0 Å². The Hall–Kier alpha value is -1.96. The van der Waals surface area contributed by atoms with Crippen LogP contribution in [-0.2, 0) is 16.6 Å². The Kier molecular flexibility index (Phi) is 6.37. The molecule has 0 spiro atoms. The maximum Gasteiger partial charge on any atom is 0.324 e. The summed E-state index contributed by atoms with van der Waals surface area (Å²) in [5, 5.41) is 0.930. The second-order valence-corrected chi connectivity index (χ2v) is 9.34. The molecule has 1 aliphatic heterocycles. The van der Waals surface area contributed by atoms with E-state index in [-0.39, 0.29) is 11.8 Å². The third-order valence-corrected chi connectivity index (χ3v) is 6.53. The van der Waals surface area contributed by atoms with E-state index in [0.29, 0.717) is 41.1 Å². The number of carbonyl (C=O) groups excluding carboxylic acids is 1. The highest BCUT2D eigenvalue weighted by Crippen LogP contribution is 2.27. The molecule has 9 heteroatoms. The van der Waals surface area contributed by atoms with Crippen molar-refractivity contribution in [3.8, 4) is 0 Å². The monoisotopic (exact) mass is 441 g/mol. The minimum absolute atomic E-state index is 0.0166. The Morgan fingerprint density at radius 2 is 1.86 bits per heavy atom. The van der Waals surface area contributed by atoms with E-state index in [9.17, 15) is 13.2 Å². The first-order valence-corrected chi connectivity index (χ1v) is 11.3. The Bertz CT molecular complexity index is 982. The van der Waals surface area contributed by atoms with E-state index < -0.39 is 10.0 Å². The Morgan fingerprint density at radius 3 is 2.57 bits per heavy atom. The standard InChI is InChI=1S/C19H21Cl2N3O3S/c1-2-28(26,27)22-15-5-3-6-16(12-15)24-10-4-9-23(19(24)25)13-14-7-8-17(20)18(21)11-14/h3,5-8,11-12,22H,2,4,9-10,13H2,1H3. The van der Waals surface area contributed by atoms with Crippen LogP contribution < -0.4 is 9.62 Å². The van der Waals surface area contributed by atoms with Gasteiger partial charge in [-0.1, -0.05) is 35.3 Å². The van der Waals surface area contributed by atoms with Crippen molar-refractivity contribution in [2.45, 2.75) is 19.9 Å². The van der Waals surface area contributed by atoms with Gasteiger partial charge in [0, 0.05) is 25.3 Å². The number of anilines is 2. The van der Waals surface area contributed by atoms with Crippen LogP contribution in [0.1, 0.15) is 18.9 Å². The highest BCUT2D eigenvalue weighted by molar-refractivity contribution is 7.92. The molecule has 0 radical (unpaired) electrons. The number of halogens is 2. The molecule has 28 heavy (non-hydrogen) atoms. The summed E-state index contributed by atoms with van der Waals surface area (Å²) in [5.41, 5.74) is 1.99. The van der Waals surface area contributed by atoms with Crippen molar-refractivity contribution in [2.24, 2.45) is 0 Å². The molecular formula is C19H21Cl2N3O3S. The molecule has 0 unspecified atom stereocenters. The molecule has 6 nitrogen and oxygen atoms in total. The Labute approximate surface area is 175 Å². The molecule has 1 aliphatic rings. The fourth-order valence-electron chi connectivity index (χ4n) is 3.02. The quantitative estimate of drug-likeness (QED) is 0.712. The summed E-state index contributed by atoms with van der Waals surface area (Å²) in [5.74, 6) is -0.0166. The maximum absolute atomic E-state index is 13.0. The topological polar surface area (TPSA) is 69.7 Å². The molecular weight excluding hydrogens is 421 g/mol. The minimum atomic E-state index is -3.38. The van der Waals surface area contributed by atoms with Gasteiger partial charge in [0.2, 0.25) is 10.0 Å². The normalized spacial score (nSPS) is 15.0. The van der Waals surface area contributed by atoms with Crippen molar-refractivity contribution in [2.75, 3.05) is 28.5 Å². The molecule has 0 aromatic heterocycles. The molecule has 2 aromatic carbocycles. The van der Waals surface area contributed by atoms with Gasteiger partial charge >= 0.3 is 6.03 Å². The number of nitrogens with zero attached hydrogens (tertiary/aromatic N) is 2. The zero-order valence-electron chi connectivity index (χ0n) is 15.4. The predicted molar refractivity (Wildman–Crippen MR) is 114 cm³/mol. The van der Waals surface area contributed by atoms with E-state index in [1.165, 1.54) is 0 Å². The van der Waals surface area contributed by atoms with Gasteiger partial charge in [0.05, 0.1) is 21.5 Å². The second kappa shape index (κ2) is 8.59. The number of amides is 2. The molecule has 1 heterocycles. The number of hydrogen-bond acceptors (Lipinski definition) is 3. The molecule has 0 bridgehead atoms.